The maximum Gasteiger partial charge on any atom is 0.290 e. The van der Waals surface area contributed by atoms with E-state index in [2.05, 4.69) is 14.7 Å². The molecule has 1 fully saturated rings. The van der Waals surface area contributed by atoms with Crippen LogP contribution < -0.4 is 10.5 Å². The van der Waals surface area contributed by atoms with Crippen LogP contribution in [0.4, 0.5) is 10.2 Å². The summed E-state index contributed by atoms with van der Waals surface area (Å²) in [6.07, 6.45) is 4.83. The van der Waals surface area contributed by atoms with Crippen molar-refractivity contribution in [2.24, 2.45) is 0 Å². The van der Waals surface area contributed by atoms with Gasteiger partial charge in [0.05, 0.1) is 29.9 Å². The molecule has 0 atom stereocenters. The van der Waals surface area contributed by atoms with Gasteiger partial charge in [-0.25, -0.2) is 22.5 Å². The number of halogens is 1. The second-order valence-corrected chi connectivity index (χ2v) is 9.92. The van der Waals surface area contributed by atoms with Gasteiger partial charge in [-0.1, -0.05) is 30.3 Å². The van der Waals surface area contributed by atoms with Gasteiger partial charge in [0.2, 0.25) is 10.0 Å². The van der Waals surface area contributed by atoms with Crippen LogP contribution in [0.25, 0.3) is 22.4 Å². The second kappa shape index (κ2) is 11.8. The molecule has 11 heteroatoms. The van der Waals surface area contributed by atoms with Gasteiger partial charge in [0.25, 0.3) is 6.47 Å². The van der Waals surface area contributed by atoms with Gasteiger partial charge >= 0.3 is 0 Å². The highest BCUT2D eigenvalue weighted by atomic mass is 32.2. The summed E-state index contributed by atoms with van der Waals surface area (Å²) in [4.78, 5) is 16.4. The van der Waals surface area contributed by atoms with E-state index in [4.69, 9.17) is 15.6 Å². The average molecular weight is 503 g/mol. The smallest absolute Gasteiger partial charge is 0.290 e. The quantitative estimate of drug-likeness (QED) is 0.375. The van der Waals surface area contributed by atoms with E-state index in [0.29, 0.717) is 48.1 Å². The Labute approximate surface area is 202 Å². The molecule has 1 aromatic heterocycles. The highest BCUT2D eigenvalue weighted by Gasteiger charge is 2.24. The molecule has 0 unspecified atom stereocenters. The number of nitrogen functional groups attached to an aromatic ring is 1. The number of nitrogens with two attached hydrogens (primary N) is 1. The first kappa shape index (κ1) is 26.2. The number of hydrogen-bond donors (Lipinski definition) is 4. The number of nitrogens with one attached hydrogen (secondary N) is 1. The maximum atomic E-state index is 14.9. The van der Waals surface area contributed by atoms with Crippen LogP contribution >= 0.6 is 0 Å². The van der Waals surface area contributed by atoms with E-state index >= 15 is 0 Å². The number of anilines is 1. The summed E-state index contributed by atoms with van der Waals surface area (Å²) >= 11 is 0. The van der Waals surface area contributed by atoms with Gasteiger partial charge in [-0.2, -0.15) is 0 Å². The second-order valence-electron chi connectivity index (χ2n) is 8.17. The summed E-state index contributed by atoms with van der Waals surface area (Å²) in [5.41, 5.74) is 7.98. The van der Waals surface area contributed by atoms with E-state index in [0.717, 1.165) is 0 Å². The lowest BCUT2D eigenvalue weighted by molar-refractivity contribution is -0.122. The topological polar surface area (TPSA) is 156 Å². The Balaban J connectivity index is 0.00000108. The first-order valence-corrected chi connectivity index (χ1v) is 12.6. The molecule has 0 amide bonds. The average Bonchev–Trinajstić information content (AvgIpc) is 2.82. The number of aliphatic hydroxyl groups excluding tert-OH is 1. The Morgan fingerprint density at radius 3 is 2.37 bits per heavy atom. The number of carbonyl (C=O) groups is 1. The first-order chi connectivity index (χ1) is 16.7. The Bertz CT molecular complexity index is 1250. The fourth-order valence-corrected chi connectivity index (χ4v) is 5.48. The van der Waals surface area contributed by atoms with Gasteiger partial charge in [0.1, 0.15) is 11.6 Å². The highest BCUT2D eigenvalue weighted by molar-refractivity contribution is 7.88. The largest absolute Gasteiger partial charge is 0.483 e. The first-order valence-electron chi connectivity index (χ1n) is 10.9. The number of nitrogens with zero attached hydrogens (tertiary/aromatic N) is 2. The van der Waals surface area contributed by atoms with E-state index in [-0.39, 0.29) is 35.8 Å². The zero-order valence-corrected chi connectivity index (χ0v) is 19.7. The minimum atomic E-state index is -3.60. The summed E-state index contributed by atoms with van der Waals surface area (Å²) in [6.45, 7) is -0.250. The maximum absolute atomic E-state index is 14.9. The number of hydrogen-bond acceptors (Lipinski definition) is 7. The van der Waals surface area contributed by atoms with Crippen LogP contribution in [0.3, 0.4) is 0 Å². The molecule has 0 saturated heterocycles. The third-order valence-corrected chi connectivity index (χ3v) is 7.02. The molecule has 35 heavy (non-hydrogen) atoms. The monoisotopic (exact) mass is 502 g/mol. The zero-order chi connectivity index (χ0) is 25.4. The summed E-state index contributed by atoms with van der Waals surface area (Å²) in [5, 5.41) is 16.5. The predicted molar refractivity (Wildman–Crippen MR) is 130 cm³/mol. The lowest BCUT2D eigenvalue weighted by Crippen LogP contribution is -2.39. The molecule has 4 rings (SSSR count). The SMILES string of the molecule is Nc1cnc(-c2ccc(-c3ccccc3CS(=O)(=O)N[C@H]3CC[C@H](O)CC3)cc2F)cn1.O=CO. The summed E-state index contributed by atoms with van der Waals surface area (Å²) in [7, 11) is -3.60. The van der Waals surface area contributed by atoms with Gasteiger partial charge in [-0.15, -0.1) is 0 Å². The van der Waals surface area contributed by atoms with E-state index in [1.54, 1.807) is 36.4 Å². The Morgan fingerprint density at radius 2 is 1.74 bits per heavy atom. The van der Waals surface area contributed by atoms with Crippen molar-refractivity contribution in [1.29, 1.82) is 0 Å². The number of benzene rings is 2. The number of carboxylic acid groups (broad SMARTS) is 1. The normalized spacial score (nSPS) is 17.8. The molecule has 0 bridgehead atoms. The Morgan fingerprint density at radius 1 is 1.06 bits per heavy atom. The van der Waals surface area contributed by atoms with Crippen molar-refractivity contribution in [3.63, 3.8) is 0 Å². The van der Waals surface area contributed by atoms with Crippen LogP contribution in [0.1, 0.15) is 31.2 Å². The lowest BCUT2D eigenvalue weighted by atomic mass is 9.94. The highest BCUT2D eigenvalue weighted by Crippen LogP contribution is 2.30. The standard InChI is InChI=1S/C23H25FN4O3S.CH2O2/c24-21-11-15(5-10-20(21)22-12-27-23(25)13-26-22)19-4-2-1-3-16(19)14-32(30,31)28-17-6-8-18(29)9-7-17;2-1-3/h1-5,10-13,17-18,28-29H,6-9,14H2,(H2,25,27);1H,(H,2,3)/t17-,18-;. The molecule has 1 saturated carbocycles. The molecular formula is C24H27FN4O5S. The number of aromatic nitrogens is 2. The van der Waals surface area contributed by atoms with Crippen molar-refractivity contribution >= 4 is 22.3 Å². The van der Waals surface area contributed by atoms with Crippen LogP contribution in [0.15, 0.2) is 54.9 Å². The third-order valence-electron chi connectivity index (χ3n) is 5.63. The molecule has 0 aliphatic heterocycles. The molecule has 0 spiro atoms. The Kier molecular flexibility index (Phi) is 8.85. The van der Waals surface area contributed by atoms with Crippen molar-refractivity contribution in [2.75, 3.05) is 5.73 Å². The number of rotatable bonds is 6. The third kappa shape index (κ3) is 7.28. The molecule has 1 aliphatic carbocycles. The van der Waals surface area contributed by atoms with Crippen molar-refractivity contribution in [3.05, 3.63) is 66.2 Å². The fraction of sp³-hybridized carbons (Fsp3) is 0.292. The molecular weight excluding hydrogens is 475 g/mol. The van der Waals surface area contributed by atoms with Gasteiger partial charge in [-0.05, 0) is 54.5 Å². The van der Waals surface area contributed by atoms with Crippen LogP contribution in [0.5, 0.6) is 0 Å². The minimum Gasteiger partial charge on any atom is -0.483 e. The van der Waals surface area contributed by atoms with E-state index < -0.39 is 15.8 Å². The van der Waals surface area contributed by atoms with Crippen LogP contribution in [0, 0.1) is 5.82 Å². The predicted octanol–water partition coefficient (Wildman–Crippen LogP) is 2.96. The molecule has 0 radical (unpaired) electrons. The van der Waals surface area contributed by atoms with Gasteiger partial charge in [-0.3, -0.25) is 9.78 Å². The molecule has 3 aromatic rings. The molecule has 2 aromatic carbocycles. The van der Waals surface area contributed by atoms with E-state index in [1.807, 2.05) is 0 Å². The summed E-state index contributed by atoms with van der Waals surface area (Å²) in [5.74, 6) is -0.452. The van der Waals surface area contributed by atoms with Crippen LogP contribution in [-0.4, -0.2) is 47.2 Å². The van der Waals surface area contributed by atoms with Gasteiger partial charge < -0.3 is 15.9 Å². The van der Waals surface area contributed by atoms with Crippen molar-refractivity contribution < 1.29 is 27.8 Å². The van der Waals surface area contributed by atoms with Crippen molar-refractivity contribution in [2.45, 2.75) is 43.6 Å². The van der Waals surface area contributed by atoms with E-state index in [9.17, 15) is 17.9 Å². The summed E-state index contributed by atoms with van der Waals surface area (Å²) < 4.78 is 43.2. The molecule has 9 nitrogen and oxygen atoms in total. The fourth-order valence-electron chi connectivity index (χ4n) is 3.99. The zero-order valence-electron chi connectivity index (χ0n) is 18.8. The van der Waals surface area contributed by atoms with Crippen LogP contribution in [-0.2, 0) is 20.6 Å². The van der Waals surface area contributed by atoms with E-state index in [1.165, 1.54) is 18.5 Å². The van der Waals surface area contributed by atoms with Crippen LogP contribution in [0.2, 0.25) is 0 Å². The molecule has 1 heterocycles. The summed E-state index contributed by atoms with van der Waals surface area (Å²) in [6, 6.07) is 11.6. The molecule has 1 aliphatic rings. The number of sulfonamides is 1. The molecule has 186 valence electrons. The van der Waals surface area contributed by atoms with Crippen molar-refractivity contribution in [1.82, 2.24) is 14.7 Å². The lowest BCUT2D eigenvalue weighted by Gasteiger charge is -2.26. The van der Waals surface area contributed by atoms with Crippen molar-refractivity contribution in [3.8, 4) is 22.4 Å². The Hall–Kier alpha value is -3.41. The van der Waals surface area contributed by atoms with Gasteiger partial charge in [0, 0.05) is 11.6 Å². The molecule has 5 N–H and O–H groups in total. The number of aliphatic hydroxyl groups is 1. The minimum absolute atomic E-state index is 0.173. The van der Waals surface area contributed by atoms with Gasteiger partial charge in [0.15, 0.2) is 0 Å².